The molecule has 4 N–H and O–H groups in total. The number of rotatable bonds is 5. The quantitative estimate of drug-likeness (QED) is 0.366. The fourth-order valence-corrected chi connectivity index (χ4v) is 0.542. The minimum Gasteiger partial charge on any atom is -0.481 e. The summed E-state index contributed by atoms with van der Waals surface area (Å²) in [5.74, 6) is -1.85. The molecule has 0 aromatic rings. The van der Waals surface area contributed by atoms with Gasteiger partial charge in [0.25, 0.3) is 0 Å². The number of aliphatic carboxylic acids is 1. The van der Waals surface area contributed by atoms with Crippen molar-refractivity contribution in [2.45, 2.75) is 6.42 Å². The summed E-state index contributed by atoms with van der Waals surface area (Å²) in [6.07, 6.45) is -1.54. The van der Waals surface area contributed by atoms with E-state index in [1.807, 2.05) is 0 Å². The molecular formula is C6H10N2O5. The topological polar surface area (TPSA) is 119 Å². The van der Waals surface area contributed by atoms with Crippen molar-refractivity contribution in [1.29, 1.82) is 0 Å². The van der Waals surface area contributed by atoms with E-state index in [2.05, 4.69) is 15.8 Å². The first-order valence-electron chi connectivity index (χ1n) is 3.43. The number of ether oxygens (including phenoxy) is 1. The Kier molecular flexibility index (Phi) is 5.01. The first-order valence-corrected chi connectivity index (χ1v) is 3.43. The van der Waals surface area contributed by atoms with E-state index >= 15 is 0 Å². The molecule has 0 unspecified atom stereocenters. The van der Waals surface area contributed by atoms with Crippen molar-refractivity contribution < 1.29 is 24.2 Å². The predicted octanol–water partition coefficient (Wildman–Crippen LogP) is -1.33. The maximum absolute atomic E-state index is 10.6. The average Bonchev–Trinajstić information content (AvgIpc) is 1.96. The van der Waals surface area contributed by atoms with E-state index in [0.717, 1.165) is 0 Å². The Labute approximate surface area is 73.8 Å². The molecule has 0 radical (unpaired) electrons. The monoisotopic (exact) mass is 190 g/mol. The van der Waals surface area contributed by atoms with Crippen molar-refractivity contribution in [3.05, 3.63) is 0 Å². The lowest BCUT2D eigenvalue weighted by atomic mass is 10.4. The molecule has 0 aromatic heterocycles. The molecular weight excluding hydrogens is 180 g/mol. The van der Waals surface area contributed by atoms with Crippen LogP contribution in [0.2, 0.25) is 0 Å². The number of carboxylic acid groups (broad SMARTS) is 1. The molecule has 7 heteroatoms. The lowest BCUT2D eigenvalue weighted by molar-refractivity contribution is -0.140. The number of carbonyl (C=O) groups excluding carboxylic acids is 2. The standard InChI is InChI=1S/C6H10N2O5/c7-6(12)13-2-1-8-4(9)3-5(10)11/h1-3H2,(H2,7,12)(H,8,9)(H,10,11). The van der Waals surface area contributed by atoms with Gasteiger partial charge in [-0.2, -0.15) is 0 Å². The molecule has 0 saturated heterocycles. The molecule has 0 saturated carbocycles. The van der Waals surface area contributed by atoms with Gasteiger partial charge in [-0.15, -0.1) is 0 Å². The average molecular weight is 190 g/mol. The lowest BCUT2D eigenvalue weighted by Crippen LogP contribution is -2.30. The Bertz CT molecular complexity index is 215. The Hall–Kier alpha value is -1.79. The summed E-state index contributed by atoms with van der Waals surface area (Å²) in [7, 11) is 0. The Morgan fingerprint density at radius 2 is 2.00 bits per heavy atom. The Morgan fingerprint density at radius 1 is 1.38 bits per heavy atom. The zero-order valence-electron chi connectivity index (χ0n) is 6.78. The van der Waals surface area contributed by atoms with Gasteiger partial charge in [-0.1, -0.05) is 0 Å². The van der Waals surface area contributed by atoms with Crippen LogP contribution in [0.3, 0.4) is 0 Å². The zero-order valence-corrected chi connectivity index (χ0v) is 6.78. The number of primary amides is 1. The van der Waals surface area contributed by atoms with E-state index in [4.69, 9.17) is 5.11 Å². The van der Waals surface area contributed by atoms with Crippen molar-refractivity contribution >= 4 is 18.0 Å². The second-order valence-electron chi connectivity index (χ2n) is 2.09. The first-order chi connectivity index (χ1) is 6.02. The number of amides is 2. The van der Waals surface area contributed by atoms with Crippen LogP contribution in [0.1, 0.15) is 6.42 Å². The molecule has 0 aromatic carbocycles. The maximum atomic E-state index is 10.6. The predicted molar refractivity (Wildman–Crippen MR) is 40.8 cm³/mol. The fraction of sp³-hybridized carbons (Fsp3) is 0.500. The highest BCUT2D eigenvalue weighted by molar-refractivity contribution is 5.93. The van der Waals surface area contributed by atoms with Gasteiger partial charge in [-0.25, -0.2) is 4.79 Å². The Morgan fingerprint density at radius 3 is 2.46 bits per heavy atom. The number of nitrogens with one attached hydrogen (secondary N) is 1. The van der Waals surface area contributed by atoms with Gasteiger partial charge in [-0.3, -0.25) is 9.59 Å². The van der Waals surface area contributed by atoms with Crippen LogP contribution in [0.5, 0.6) is 0 Å². The van der Waals surface area contributed by atoms with Gasteiger partial charge in [0.2, 0.25) is 5.91 Å². The van der Waals surface area contributed by atoms with Crippen LogP contribution in [-0.4, -0.2) is 36.2 Å². The smallest absolute Gasteiger partial charge is 0.404 e. The van der Waals surface area contributed by atoms with Gasteiger partial charge in [0.05, 0.1) is 6.54 Å². The minimum atomic E-state index is -1.21. The fourth-order valence-electron chi connectivity index (χ4n) is 0.542. The molecule has 0 aliphatic rings. The van der Waals surface area contributed by atoms with E-state index in [-0.39, 0.29) is 13.2 Å². The van der Waals surface area contributed by atoms with Gasteiger partial charge in [0.15, 0.2) is 0 Å². The number of carbonyl (C=O) groups is 3. The van der Waals surface area contributed by atoms with Crippen molar-refractivity contribution in [2.24, 2.45) is 5.73 Å². The highest BCUT2D eigenvalue weighted by atomic mass is 16.5. The second-order valence-corrected chi connectivity index (χ2v) is 2.09. The van der Waals surface area contributed by atoms with E-state index in [0.29, 0.717) is 0 Å². The molecule has 74 valence electrons. The summed E-state index contributed by atoms with van der Waals surface area (Å²) in [6, 6.07) is 0. The summed E-state index contributed by atoms with van der Waals surface area (Å²) in [4.78, 5) is 30.6. The number of carboxylic acids is 1. The summed E-state index contributed by atoms with van der Waals surface area (Å²) >= 11 is 0. The molecule has 0 rings (SSSR count). The summed E-state index contributed by atoms with van der Waals surface area (Å²) in [5.41, 5.74) is 4.62. The normalized spacial score (nSPS) is 8.92. The molecule has 0 aliphatic carbocycles. The first kappa shape index (κ1) is 11.2. The third kappa shape index (κ3) is 8.11. The van der Waals surface area contributed by atoms with Gasteiger partial charge < -0.3 is 20.9 Å². The van der Waals surface area contributed by atoms with Crippen molar-refractivity contribution in [2.75, 3.05) is 13.2 Å². The van der Waals surface area contributed by atoms with Crippen molar-refractivity contribution in [1.82, 2.24) is 5.32 Å². The zero-order chi connectivity index (χ0) is 10.3. The summed E-state index contributed by atoms with van der Waals surface area (Å²) < 4.78 is 4.27. The highest BCUT2D eigenvalue weighted by Gasteiger charge is 2.05. The largest absolute Gasteiger partial charge is 0.481 e. The molecule has 0 fully saturated rings. The van der Waals surface area contributed by atoms with E-state index in [1.54, 1.807) is 0 Å². The second kappa shape index (κ2) is 5.81. The van der Waals surface area contributed by atoms with E-state index in [1.165, 1.54) is 0 Å². The van der Waals surface area contributed by atoms with Crippen LogP contribution in [0.4, 0.5) is 4.79 Å². The van der Waals surface area contributed by atoms with Crippen LogP contribution < -0.4 is 11.1 Å². The van der Waals surface area contributed by atoms with E-state index in [9.17, 15) is 14.4 Å². The highest BCUT2D eigenvalue weighted by Crippen LogP contribution is 1.79. The van der Waals surface area contributed by atoms with Crippen LogP contribution in [-0.2, 0) is 14.3 Å². The molecule has 2 amide bonds. The third-order valence-corrected chi connectivity index (χ3v) is 0.980. The van der Waals surface area contributed by atoms with E-state index < -0.39 is 24.4 Å². The Balaban J connectivity index is 3.37. The van der Waals surface area contributed by atoms with Crippen LogP contribution in [0.15, 0.2) is 0 Å². The molecule has 13 heavy (non-hydrogen) atoms. The third-order valence-electron chi connectivity index (χ3n) is 0.980. The van der Waals surface area contributed by atoms with Gasteiger partial charge in [0.1, 0.15) is 13.0 Å². The van der Waals surface area contributed by atoms with Gasteiger partial charge in [-0.05, 0) is 0 Å². The molecule has 0 heterocycles. The molecule has 0 aliphatic heterocycles. The summed E-state index contributed by atoms with van der Waals surface area (Å²) in [5, 5.41) is 10.4. The van der Waals surface area contributed by atoms with Crippen molar-refractivity contribution in [3.63, 3.8) is 0 Å². The van der Waals surface area contributed by atoms with Crippen LogP contribution in [0.25, 0.3) is 0 Å². The van der Waals surface area contributed by atoms with Crippen LogP contribution >= 0.6 is 0 Å². The molecule has 7 nitrogen and oxygen atoms in total. The molecule has 0 spiro atoms. The van der Waals surface area contributed by atoms with Gasteiger partial charge >= 0.3 is 12.1 Å². The maximum Gasteiger partial charge on any atom is 0.404 e. The van der Waals surface area contributed by atoms with Crippen LogP contribution in [0, 0.1) is 0 Å². The molecule has 0 atom stereocenters. The van der Waals surface area contributed by atoms with Gasteiger partial charge in [0, 0.05) is 0 Å². The molecule has 0 bridgehead atoms. The van der Waals surface area contributed by atoms with Crippen molar-refractivity contribution in [3.8, 4) is 0 Å². The number of hydrogen-bond donors (Lipinski definition) is 3. The lowest BCUT2D eigenvalue weighted by Gasteiger charge is -2.02. The number of nitrogens with two attached hydrogens (primary N) is 1. The SMILES string of the molecule is NC(=O)OCCNC(=O)CC(=O)O. The number of hydrogen-bond acceptors (Lipinski definition) is 4. The minimum absolute atomic E-state index is 0.0506. The summed E-state index contributed by atoms with van der Waals surface area (Å²) in [6.45, 7) is -0.0181.